The smallest absolute Gasteiger partial charge is 0.306 e. The fraction of sp³-hybridized carbons (Fsp3) is 0.143. The standard InChI is InChI=1S/C14H12BrF3N4OS/c15-9-4-2-5-10(21-13(23)22-19)12(9)24-7-8-3-1-6-11(20-8)14(16,17)18/h1-6H,7,19H2,(H2,21,22,23). The topological polar surface area (TPSA) is 80.0 Å². The molecule has 0 bridgehead atoms. The number of thioether (sulfide) groups is 1. The fourth-order valence-electron chi connectivity index (χ4n) is 1.78. The summed E-state index contributed by atoms with van der Waals surface area (Å²) < 4.78 is 38.8. The Bertz CT molecular complexity index is 742. The molecule has 2 amide bonds. The first-order chi connectivity index (χ1) is 11.3. The van der Waals surface area contributed by atoms with Crippen molar-refractivity contribution >= 4 is 39.4 Å². The second-order valence-electron chi connectivity index (χ2n) is 4.52. The molecule has 1 aromatic heterocycles. The van der Waals surface area contributed by atoms with E-state index in [9.17, 15) is 18.0 Å². The van der Waals surface area contributed by atoms with Gasteiger partial charge < -0.3 is 5.32 Å². The highest BCUT2D eigenvalue weighted by Crippen LogP contribution is 2.36. The van der Waals surface area contributed by atoms with E-state index in [0.717, 1.165) is 6.07 Å². The summed E-state index contributed by atoms with van der Waals surface area (Å²) in [6.45, 7) is 0. The molecule has 0 fully saturated rings. The molecule has 10 heteroatoms. The molecule has 4 N–H and O–H groups in total. The number of anilines is 1. The number of benzene rings is 1. The average molecular weight is 421 g/mol. The van der Waals surface area contributed by atoms with Gasteiger partial charge in [-0.05, 0) is 40.2 Å². The highest BCUT2D eigenvalue weighted by atomic mass is 79.9. The van der Waals surface area contributed by atoms with E-state index < -0.39 is 17.9 Å². The Labute approximate surface area is 148 Å². The van der Waals surface area contributed by atoms with Gasteiger partial charge in [0.25, 0.3) is 0 Å². The minimum Gasteiger partial charge on any atom is -0.306 e. The highest BCUT2D eigenvalue weighted by molar-refractivity contribution is 9.10. The summed E-state index contributed by atoms with van der Waals surface area (Å²) in [6.07, 6.45) is -4.49. The third-order valence-corrected chi connectivity index (χ3v) is 4.90. The largest absolute Gasteiger partial charge is 0.433 e. The molecule has 0 aliphatic heterocycles. The summed E-state index contributed by atoms with van der Waals surface area (Å²) in [5.41, 5.74) is 1.76. The number of carbonyl (C=O) groups is 1. The van der Waals surface area contributed by atoms with Crippen LogP contribution in [-0.4, -0.2) is 11.0 Å². The van der Waals surface area contributed by atoms with Crippen molar-refractivity contribution in [3.05, 3.63) is 52.3 Å². The van der Waals surface area contributed by atoms with E-state index in [1.165, 1.54) is 23.9 Å². The third-order valence-electron chi connectivity index (χ3n) is 2.81. The molecule has 0 saturated carbocycles. The Kier molecular flexibility index (Phi) is 6.08. The number of aromatic nitrogens is 1. The summed E-state index contributed by atoms with van der Waals surface area (Å²) in [4.78, 5) is 15.6. The van der Waals surface area contributed by atoms with E-state index >= 15 is 0 Å². The first-order valence-corrected chi connectivity index (χ1v) is 8.31. The van der Waals surface area contributed by atoms with E-state index in [4.69, 9.17) is 5.84 Å². The van der Waals surface area contributed by atoms with Crippen molar-refractivity contribution in [2.45, 2.75) is 16.8 Å². The quantitative estimate of drug-likeness (QED) is 0.300. The van der Waals surface area contributed by atoms with Crippen LogP contribution in [0.3, 0.4) is 0 Å². The number of rotatable bonds is 4. The SMILES string of the molecule is NNC(=O)Nc1cccc(Br)c1SCc1cccc(C(F)(F)F)n1. The number of hydrazine groups is 1. The maximum absolute atomic E-state index is 12.7. The fourth-order valence-corrected chi connectivity index (χ4v) is 3.42. The number of nitrogens with two attached hydrogens (primary N) is 1. The van der Waals surface area contributed by atoms with Crippen LogP contribution in [-0.2, 0) is 11.9 Å². The van der Waals surface area contributed by atoms with Gasteiger partial charge in [-0.2, -0.15) is 13.2 Å². The summed E-state index contributed by atoms with van der Waals surface area (Å²) in [5, 5.41) is 2.55. The minimum absolute atomic E-state index is 0.200. The van der Waals surface area contributed by atoms with Crippen molar-refractivity contribution in [1.29, 1.82) is 0 Å². The van der Waals surface area contributed by atoms with Crippen LogP contribution < -0.4 is 16.6 Å². The molecule has 128 valence electrons. The summed E-state index contributed by atoms with van der Waals surface area (Å²) in [5.74, 6) is 5.23. The maximum Gasteiger partial charge on any atom is 0.433 e. The van der Waals surface area contributed by atoms with Crippen LogP contribution in [0.15, 0.2) is 45.8 Å². The molecule has 0 aliphatic carbocycles. The lowest BCUT2D eigenvalue weighted by Crippen LogP contribution is -2.34. The van der Waals surface area contributed by atoms with Crippen LogP contribution in [0.25, 0.3) is 0 Å². The molecule has 0 spiro atoms. The van der Waals surface area contributed by atoms with E-state index in [1.54, 1.807) is 18.2 Å². The van der Waals surface area contributed by atoms with Gasteiger partial charge in [0.15, 0.2) is 0 Å². The van der Waals surface area contributed by atoms with Gasteiger partial charge in [-0.1, -0.05) is 12.1 Å². The lowest BCUT2D eigenvalue weighted by molar-refractivity contribution is -0.141. The van der Waals surface area contributed by atoms with E-state index in [-0.39, 0.29) is 11.4 Å². The number of nitrogens with one attached hydrogen (secondary N) is 2. The molecule has 0 atom stereocenters. The zero-order chi connectivity index (χ0) is 17.7. The zero-order valence-electron chi connectivity index (χ0n) is 12.0. The van der Waals surface area contributed by atoms with E-state index in [1.807, 2.05) is 5.43 Å². The molecule has 1 heterocycles. The maximum atomic E-state index is 12.7. The first kappa shape index (κ1) is 18.6. The van der Waals surface area contributed by atoms with Gasteiger partial charge >= 0.3 is 12.2 Å². The lowest BCUT2D eigenvalue weighted by atomic mass is 10.3. The van der Waals surface area contributed by atoms with Gasteiger partial charge in [-0.25, -0.2) is 15.6 Å². The molecule has 0 unspecified atom stereocenters. The zero-order valence-corrected chi connectivity index (χ0v) is 14.4. The number of carbonyl (C=O) groups excluding carboxylic acids is 1. The first-order valence-electron chi connectivity index (χ1n) is 6.53. The number of nitrogens with zero attached hydrogens (tertiary/aromatic N) is 1. The Morgan fingerprint density at radius 3 is 2.62 bits per heavy atom. The van der Waals surface area contributed by atoms with Crippen molar-refractivity contribution in [2.75, 3.05) is 5.32 Å². The Balaban J connectivity index is 2.19. The molecule has 2 rings (SSSR count). The van der Waals surface area contributed by atoms with Gasteiger partial charge in [0.05, 0.1) is 11.4 Å². The Morgan fingerprint density at radius 1 is 1.25 bits per heavy atom. The molecular weight excluding hydrogens is 409 g/mol. The molecular formula is C14H12BrF3N4OS. The number of pyridine rings is 1. The minimum atomic E-state index is -4.49. The normalized spacial score (nSPS) is 11.2. The molecule has 2 aromatic rings. The van der Waals surface area contributed by atoms with Crippen LogP contribution in [0.2, 0.25) is 0 Å². The molecule has 0 saturated heterocycles. The van der Waals surface area contributed by atoms with Gasteiger partial charge in [-0.15, -0.1) is 11.8 Å². The van der Waals surface area contributed by atoms with Crippen LogP contribution in [0.4, 0.5) is 23.7 Å². The average Bonchev–Trinajstić information content (AvgIpc) is 2.53. The predicted octanol–water partition coefficient (Wildman–Crippen LogP) is 4.15. The summed E-state index contributed by atoms with van der Waals surface area (Å²) >= 11 is 4.59. The monoisotopic (exact) mass is 420 g/mol. The van der Waals surface area contributed by atoms with Crippen molar-refractivity contribution in [3.8, 4) is 0 Å². The molecule has 5 nitrogen and oxygen atoms in total. The Morgan fingerprint density at radius 2 is 1.96 bits per heavy atom. The lowest BCUT2D eigenvalue weighted by Gasteiger charge is -2.12. The van der Waals surface area contributed by atoms with Gasteiger partial charge in [0.1, 0.15) is 5.69 Å². The second kappa shape index (κ2) is 7.86. The van der Waals surface area contributed by atoms with Gasteiger partial charge in [0.2, 0.25) is 0 Å². The molecule has 0 radical (unpaired) electrons. The molecule has 24 heavy (non-hydrogen) atoms. The highest BCUT2D eigenvalue weighted by Gasteiger charge is 2.32. The number of urea groups is 1. The number of amides is 2. The number of hydrogen-bond acceptors (Lipinski definition) is 4. The van der Waals surface area contributed by atoms with Crippen LogP contribution in [0.5, 0.6) is 0 Å². The number of hydrogen-bond donors (Lipinski definition) is 3. The predicted molar refractivity (Wildman–Crippen MR) is 89.3 cm³/mol. The van der Waals surface area contributed by atoms with Crippen molar-refractivity contribution < 1.29 is 18.0 Å². The number of halogens is 4. The summed E-state index contributed by atoms with van der Waals surface area (Å²) in [6, 6.07) is 8.27. The molecule has 0 aliphatic rings. The van der Waals surface area contributed by atoms with Crippen LogP contribution >= 0.6 is 27.7 Å². The van der Waals surface area contributed by atoms with Crippen LogP contribution in [0.1, 0.15) is 11.4 Å². The number of alkyl halides is 3. The third kappa shape index (κ3) is 4.86. The van der Waals surface area contributed by atoms with Crippen LogP contribution in [0, 0.1) is 0 Å². The van der Waals surface area contributed by atoms with Crippen molar-refractivity contribution in [1.82, 2.24) is 10.4 Å². The van der Waals surface area contributed by atoms with Crippen molar-refractivity contribution in [2.24, 2.45) is 5.84 Å². The van der Waals surface area contributed by atoms with Crippen molar-refractivity contribution in [3.63, 3.8) is 0 Å². The van der Waals surface area contributed by atoms with Gasteiger partial charge in [0, 0.05) is 15.1 Å². The second-order valence-corrected chi connectivity index (χ2v) is 6.36. The van der Waals surface area contributed by atoms with E-state index in [0.29, 0.717) is 15.1 Å². The molecule has 1 aromatic carbocycles. The summed E-state index contributed by atoms with van der Waals surface area (Å²) in [7, 11) is 0. The Hall–Kier alpha value is -1.78. The van der Waals surface area contributed by atoms with E-state index in [2.05, 4.69) is 26.2 Å². The van der Waals surface area contributed by atoms with Gasteiger partial charge in [-0.3, -0.25) is 5.43 Å².